The molecule has 4 heterocycles. The molecule has 6 aromatic carbocycles. The van der Waals surface area contributed by atoms with Gasteiger partial charge >= 0.3 is 0 Å². The fourth-order valence-corrected chi connectivity index (χ4v) is 9.59. The Balaban J connectivity index is 0.00000471. The van der Waals surface area contributed by atoms with Crippen molar-refractivity contribution in [2.75, 3.05) is 21.2 Å². The van der Waals surface area contributed by atoms with Gasteiger partial charge in [-0.15, -0.1) is 42.7 Å². The molecule has 11 rings (SSSR count). The van der Waals surface area contributed by atoms with Crippen molar-refractivity contribution in [1.29, 1.82) is 0 Å². The predicted molar refractivity (Wildman–Crippen MR) is 255 cm³/mol. The molecule has 1 atom stereocenters. The minimum Gasteiger partial charge on any atom is -0.509 e. The first kappa shape index (κ1) is 40.7. The zero-order valence-corrected chi connectivity index (χ0v) is 38.2. The van der Waals surface area contributed by atoms with Crippen molar-refractivity contribution in [3.8, 4) is 39.6 Å². The summed E-state index contributed by atoms with van der Waals surface area (Å²) >= 11 is 0. The number of hydrogen-bond donors (Lipinski definition) is 0. The van der Waals surface area contributed by atoms with Gasteiger partial charge in [-0.1, -0.05) is 148 Å². The van der Waals surface area contributed by atoms with Crippen LogP contribution < -0.4 is 19.4 Å². The second-order valence-corrected chi connectivity index (χ2v) is 17.5. The van der Waals surface area contributed by atoms with Gasteiger partial charge in [-0.3, -0.25) is 0 Å². The summed E-state index contributed by atoms with van der Waals surface area (Å²) in [5.41, 5.74) is 14.8. The smallest absolute Gasteiger partial charge is 0.135 e. The fourth-order valence-electron chi connectivity index (χ4n) is 9.59. The van der Waals surface area contributed by atoms with Gasteiger partial charge in [-0.25, -0.2) is 4.98 Å². The molecule has 0 amide bonds. The minimum absolute atomic E-state index is 0. The summed E-state index contributed by atoms with van der Waals surface area (Å²) < 4.78 is 9.18. The molecule has 0 radical (unpaired) electrons. The number of benzene rings is 6. The maximum absolute atomic E-state index is 6.88. The zero-order valence-electron chi connectivity index (χ0n) is 36.0. The topological polar surface area (TPSA) is 36.8 Å². The third-order valence-corrected chi connectivity index (χ3v) is 12.6. The third-order valence-electron chi connectivity index (χ3n) is 12.6. The van der Waals surface area contributed by atoms with E-state index in [9.17, 15) is 0 Å². The molecule has 6 nitrogen and oxygen atoms in total. The van der Waals surface area contributed by atoms with Crippen LogP contribution in [0.4, 0.5) is 28.4 Å². The largest absolute Gasteiger partial charge is 0.509 e. The van der Waals surface area contributed by atoms with Gasteiger partial charge in [0, 0.05) is 85.2 Å². The van der Waals surface area contributed by atoms with Crippen molar-refractivity contribution in [3.63, 3.8) is 0 Å². The van der Waals surface area contributed by atoms with Crippen LogP contribution in [0.2, 0.25) is 0 Å². The Bertz CT molecular complexity index is 2950. The Hall–Kier alpha value is -6.36. The van der Waals surface area contributed by atoms with E-state index in [2.05, 4.69) is 211 Å². The average Bonchev–Trinajstić information content (AvgIpc) is 3.96. The van der Waals surface area contributed by atoms with E-state index in [1.54, 1.807) is 0 Å². The number of unbranched alkanes of at least 4 members (excludes halogenated alkanes) is 1. The van der Waals surface area contributed by atoms with E-state index in [-0.39, 0.29) is 32.5 Å². The maximum atomic E-state index is 6.88. The Morgan fingerprint density at radius 1 is 0.730 bits per heavy atom. The summed E-state index contributed by atoms with van der Waals surface area (Å²) in [5, 5.41) is 1.26. The van der Waals surface area contributed by atoms with E-state index in [1.165, 1.54) is 27.9 Å². The van der Waals surface area contributed by atoms with E-state index in [4.69, 9.17) is 9.72 Å². The molecule has 0 saturated heterocycles. The van der Waals surface area contributed by atoms with Crippen LogP contribution in [0.1, 0.15) is 69.8 Å². The van der Waals surface area contributed by atoms with Crippen molar-refractivity contribution < 1.29 is 25.8 Å². The molecule has 0 fully saturated rings. The van der Waals surface area contributed by atoms with Gasteiger partial charge in [0.1, 0.15) is 5.82 Å². The van der Waals surface area contributed by atoms with E-state index in [0.29, 0.717) is 11.5 Å². The van der Waals surface area contributed by atoms with Crippen LogP contribution in [0.3, 0.4) is 0 Å². The monoisotopic (exact) mass is 1000 g/mol. The van der Waals surface area contributed by atoms with Crippen LogP contribution in [-0.4, -0.2) is 16.1 Å². The molecule has 7 heteroatoms. The van der Waals surface area contributed by atoms with Gasteiger partial charge in [0.15, 0.2) is 0 Å². The Kier molecular flexibility index (Phi) is 10.6. The molecular weight excluding hydrogens is 954 g/mol. The van der Waals surface area contributed by atoms with Crippen molar-refractivity contribution in [1.82, 2.24) is 9.55 Å². The van der Waals surface area contributed by atoms with Crippen LogP contribution in [0.25, 0.3) is 45.1 Å². The Morgan fingerprint density at radius 2 is 1.41 bits per heavy atom. The van der Waals surface area contributed by atoms with E-state index in [1.807, 2.05) is 12.3 Å². The molecule has 316 valence electrons. The molecule has 2 aliphatic heterocycles. The van der Waals surface area contributed by atoms with E-state index < -0.39 is 0 Å². The second-order valence-electron chi connectivity index (χ2n) is 17.5. The quantitative estimate of drug-likeness (QED) is 0.128. The molecule has 0 bridgehead atoms. The summed E-state index contributed by atoms with van der Waals surface area (Å²) in [6.45, 7) is 12.2. The number of aromatic nitrogens is 2. The molecule has 63 heavy (non-hydrogen) atoms. The Morgan fingerprint density at radius 3 is 2.11 bits per heavy atom. The van der Waals surface area contributed by atoms with Crippen LogP contribution in [-0.2, 0) is 26.5 Å². The van der Waals surface area contributed by atoms with Gasteiger partial charge in [-0.2, -0.15) is 6.07 Å². The Labute approximate surface area is 385 Å². The van der Waals surface area contributed by atoms with Crippen LogP contribution in [0, 0.1) is 18.8 Å². The molecule has 0 N–H and O–H groups in total. The molecule has 1 unspecified atom stereocenters. The molecule has 0 saturated carbocycles. The van der Waals surface area contributed by atoms with Gasteiger partial charge in [-0.05, 0) is 70.9 Å². The summed E-state index contributed by atoms with van der Waals surface area (Å²) in [6, 6.07) is 56.9. The summed E-state index contributed by atoms with van der Waals surface area (Å²) in [4.78, 5) is 12.1. The number of nitrogens with zero attached hydrogens (tertiary/aromatic N) is 5. The van der Waals surface area contributed by atoms with E-state index >= 15 is 0 Å². The van der Waals surface area contributed by atoms with Gasteiger partial charge in [0.05, 0.1) is 0 Å². The molecular formula is C56H48N5OPt-3. The predicted octanol–water partition coefficient (Wildman–Crippen LogP) is 14.5. The molecule has 1 aliphatic carbocycles. The standard InChI is InChI=1S/C56H48N5O.Pt/c1-5-6-32-58-48-28-17-29-49-53(48)54-50(58)35-43(36-51(54)61(49)52-33-40(30-31-57-52)56(2,3)4)62-42-23-15-22-41(34-42)59-37-60(47-27-14-13-26-46(47)59)55-44(38-18-9-7-10-19-38)24-16-25-45(55)39-20-11-8-12-21-39;/h7-27,29-31,33,35,37,48H,5-6,28,32H2,1-4H3;/q-3;. The molecule has 8 aromatic rings. The normalized spacial score (nSPS) is 14.9. The molecule has 3 aliphatic rings. The van der Waals surface area contributed by atoms with Crippen molar-refractivity contribution in [2.24, 2.45) is 0 Å². The number of pyridine rings is 1. The minimum atomic E-state index is -0.0170. The second kappa shape index (κ2) is 16.4. The summed E-state index contributed by atoms with van der Waals surface area (Å²) in [7, 11) is 0. The third kappa shape index (κ3) is 7.05. The summed E-state index contributed by atoms with van der Waals surface area (Å²) in [5.74, 6) is 2.19. The first-order chi connectivity index (χ1) is 30.4. The van der Waals surface area contributed by atoms with Crippen molar-refractivity contribution >= 4 is 45.4 Å². The van der Waals surface area contributed by atoms with Crippen LogP contribution >= 0.6 is 0 Å². The molecule has 0 spiro atoms. The fraction of sp³-hybridized carbons (Fsp3) is 0.179. The van der Waals surface area contributed by atoms with Crippen LogP contribution in [0.15, 0.2) is 152 Å². The first-order valence-electron chi connectivity index (χ1n) is 21.9. The molecule has 2 aromatic heterocycles. The van der Waals surface area contributed by atoms with Crippen molar-refractivity contribution in [3.05, 3.63) is 187 Å². The number of para-hydroxylation sites is 3. The SMILES string of the molecule is CCCCN1c2cc(Oc3[c-]c(N4[CH-]N(c5c(-c6ccccc6)cccc5-c5ccccc5)c5ccccc54)ccc3)[c-]c3c2c2c(n3-c3cc(C(C)(C)C)ccn3)C=CCC21.[Pt]. The van der Waals surface area contributed by atoms with Gasteiger partial charge in [0.25, 0.3) is 0 Å². The van der Waals surface area contributed by atoms with Gasteiger partial charge < -0.3 is 24.0 Å². The first-order valence-corrected chi connectivity index (χ1v) is 21.9. The number of anilines is 5. The van der Waals surface area contributed by atoms with Crippen LogP contribution in [0.5, 0.6) is 11.5 Å². The number of hydrogen-bond acceptors (Lipinski definition) is 5. The van der Waals surface area contributed by atoms with Crippen molar-refractivity contribution in [2.45, 2.75) is 58.4 Å². The summed E-state index contributed by atoms with van der Waals surface area (Å²) in [6.07, 6.45) is 9.77. The number of fused-ring (bicyclic) bond motifs is 1. The maximum Gasteiger partial charge on any atom is 0.135 e. The van der Waals surface area contributed by atoms with Gasteiger partial charge in [0.2, 0.25) is 0 Å². The number of ether oxygens (including phenoxy) is 1. The number of rotatable bonds is 10. The average molecular weight is 1000 g/mol. The van der Waals surface area contributed by atoms with E-state index in [0.717, 1.165) is 82.1 Å². The zero-order chi connectivity index (χ0) is 42.0.